The maximum absolute atomic E-state index is 5.87. The molecule has 4 heteroatoms. The molecule has 2 rings (SSSR count). The predicted molar refractivity (Wildman–Crippen MR) is 71.3 cm³/mol. The van der Waals surface area contributed by atoms with Gasteiger partial charge in [-0.25, -0.2) is 0 Å². The molecule has 0 aromatic heterocycles. The molecule has 0 amide bonds. The molecule has 1 aromatic carbocycles. The van der Waals surface area contributed by atoms with E-state index in [1.54, 1.807) is 0 Å². The highest BCUT2D eigenvalue weighted by Gasteiger charge is 2.09. The van der Waals surface area contributed by atoms with Crippen molar-refractivity contribution in [1.82, 2.24) is 4.90 Å². The van der Waals surface area contributed by atoms with Crippen LogP contribution < -0.4 is 11.1 Å². The van der Waals surface area contributed by atoms with Crippen LogP contribution in [0.1, 0.15) is 5.56 Å². The molecule has 17 heavy (non-hydrogen) atoms. The molecule has 4 nitrogen and oxygen atoms in total. The number of hydrogen-bond donors (Lipinski definition) is 2. The Bertz CT molecular complexity index is 362. The lowest BCUT2D eigenvalue weighted by molar-refractivity contribution is 0.0398. The van der Waals surface area contributed by atoms with Gasteiger partial charge in [0.2, 0.25) is 0 Å². The number of hydrogen-bond acceptors (Lipinski definition) is 4. The van der Waals surface area contributed by atoms with E-state index >= 15 is 0 Å². The van der Waals surface area contributed by atoms with E-state index in [0.29, 0.717) is 0 Å². The smallest absolute Gasteiger partial charge is 0.0594 e. The number of ether oxygens (including phenoxy) is 1. The largest absolute Gasteiger partial charge is 0.398 e. The third kappa shape index (κ3) is 3.35. The van der Waals surface area contributed by atoms with Gasteiger partial charge in [-0.2, -0.15) is 0 Å². The van der Waals surface area contributed by atoms with Gasteiger partial charge in [-0.1, -0.05) is 6.07 Å². The van der Waals surface area contributed by atoms with E-state index in [1.165, 1.54) is 0 Å². The van der Waals surface area contributed by atoms with Crippen molar-refractivity contribution in [2.24, 2.45) is 0 Å². The van der Waals surface area contributed by atoms with Gasteiger partial charge in [0.05, 0.1) is 13.2 Å². The Morgan fingerprint density at radius 3 is 2.88 bits per heavy atom. The number of nitrogens with one attached hydrogen (secondary N) is 1. The minimum atomic E-state index is 0.848. The Kier molecular flexibility index (Phi) is 4.23. The number of benzene rings is 1. The third-order valence-corrected chi connectivity index (χ3v) is 3.22. The van der Waals surface area contributed by atoms with Crippen molar-refractivity contribution in [3.05, 3.63) is 23.8 Å². The van der Waals surface area contributed by atoms with Gasteiger partial charge in [0.1, 0.15) is 0 Å². The molecule has 94 valence electrons. The number of morpholine rings is 1. The fraction of sp³-hybridized carbons (Fsp3) is 0.538. The van der Waals surface area contributed by atoms with E-state index in [4.69, 9.17) is 10.5 Å². The van der Waals surface area contributed by atoms with Crippen molar-refractivity contribution in [3.8, 4) is 0 Å². The van der Waals surface area contributed by atoms with E-state index < -0.39 is 0 Å². The first-order chi connectivity index (χ1) is 8.27. The zero-order valence-corrected chi connectivity index (χ0v) is 10.4. The second-order valence-electron chi connectivity index (χ2n) is 4.40. The molecule has 1 saturated heterocycles. The van der Waals surface area contributed by atoms with E-state index in [0.717, 1.165) is 56.3 Å². The number of nitrogens with two attached hydrogens (primary N) is 1. The van der Waals surface area contributed by atoms with Crippen LogP contribution in [0.15, 0.2) is 18.2 Å². The summed E-state index contributed by atoms with van der Waals surface area (Å²) < 4.78 is 5.32. The van der Waals surface area contributed by atoms with Gasteiger partial charge in [0.15, 0.2) is 0 Å². The van der Waals surface area contributed by atoms with Gasteiger partial charge < -0.3 is 15.8 Å². The van der Waals surface area contributed by atoms with Crippen LogP contribution in [0.3, 0.4) is 0 Å². The topological polar surface area (TPSA) is 50.5 Å². The Hall–Kier alpha value is -1.26. The standard InChI is InChI=1S/C13H21N3O/c1-11-12(14)3-2-4-13(11)15-5-6-16-7-9-17-10-8-16/h2-4,15H,5-10,14H2,1H3. The summed E-state index contributed by atoms with van der Waals surface area (Å²) in [5.74, 6) is 0. The summed E-state index contributed by atoms with van der Waals surface area (Å²) in [5, 5.41) is 3.44. The zero-order valence-electron chi connectivity index (χ0n) is 10.4. The highest BCUT2D eigenvalue weighted by molar-refractivity contribution is 5.62. The third-order valence-electron chi connectivity index (χ3n) is 3.22. The molecular formula is C13H21N3O. The summed E-state index contributed by atoms with van der Waals surface area (Å²) >= 11 is 0. The van der Waals surface area contributed by atoms with Crippen LogP contribution in [0.5, 0.6) is 0 Å². The quantitative estimate of drug-likeness (QED) is 0.773. The van der Waals surface area contributed by atoms with Crippen molar-refractivity contribution >= 4 is 11.4 Å². The molecule has 3 N–H and O–H groups in total. The maximum Gasteiger partial charge on any atom is 0.0594 e. The second kappa shape index (κ2) is 5.89. The fourth-order valence-electron chi connectivity index (χ4n) is 2.02. The van der Waals surface area contributed by atoms with E-state index in [1.807, 2.05) is 19.1 Å². The van der Waals surface area contributed by atoms with Crippen molar-refractivity contribution in [1.29, 1.82) is 0 Å². The summed E-state index contributed by atoms with van der Waals surface area (Å²) in [4.78, 5) is 2.41. The molecule has 0 bridgehead atoms. The average molecular weight is 235 g/mol. The first kappa shape index (κ1) is 12.2. The second-order valence-corrected chi connectivity index (χ2v) is 4.40. The molecular weight excluding hydrogens is 214 g/mol. The highest BCUT2D eigenvalue weighted by atomic mass is 16.5. The molecule has 0 spiro atoms. The summed E-state index contributed by atoms with van der Waals surface area (Å²) in [6.07, 6.45) is 0. The van der Waals surface area contributed by atoms with Crippen LogP contribution in [0.2, 0.25) is 0 Å². The molecule has 1 aromatic rings. The van der Waals surface area contributed by atoms with Crippen molar-refractivity contribution in [3.63, 3.8) is 0 Å². The van der Waals surface area contributed by atoms with E-state index in [-0.39, 0.29) is 0 Å². The normalized spacial score (nSPS) is 17.0. The molecule has 0 saturated carbocycles. The SMILES string of the molecule is Cc1c(N)cccc1NCCN1CCOCC1. The minimum Gasteiger partial charge on any atom is -0.398 e. The molecule has 1 aliphatic rings. The van der Waals surface area contributed by atoms with E-state index in [2.05, 4.69) is 16.3 Å². The number of anilines is 2. The summed E-state index contributed by atoms with van der Waals surface area (Å²) in [7, 11) is 0. The van der Waals surface area contributed by atoms with E-state index in [9.17, 15) is 0 Å². The predicted octanol–water partition coefficient (Wildman–Crippen LogP) is 1.32. The number of nitrogen functional groups attached to an aromatic ring is 1. The Balaban J connectivity index is 1.79. The van der Waals surface area contributed by atoms with Crippen LogP contribution in [0.25, 0.3) is 0 Å². The lowest BCUT2D eigenvalue weighted by atomic mass is 10.1. The first-order valence-electron chi connectivity index (χ1n) is 6.16. The Morgan fingerprint density at radius 1 is 1.35 bits per heavy atom. The van der Waals surface area contributed by atoms with Crippen molar-refractivity contribution in [2.45, 2.75) is 6.92 Å². The van der Waals surface area contributed by atoms with Gasteiger partial charge in [0.25, 0.3) is 0 Å². The van der Waals surface area contributed by atoms with Crippen LogP contribution in [0.4, 0.5) is 11.4 Å². The molecule has 1 heterocycles. The van der Waals surface area contributed by atoms with Crippen LogP contribution in [-0.2, 0) is 4.74 Å². The summed E-state index contributed by atoms with van der Waals surface area (Å²) in [6, 6.07) is 5.99. The van der Waals surface area contributed by atoms with Crippen molar-refractivity contribution in [2.75, 3.05) is 50.4 Å². The molecule has 1 fully saturated rings. The highest BCUT2D eigenvalue weighted by Crippen LogP contribution is 2.19. The Morgan fingerprint density at radius 2 is 2.12 bits per heavy atom. The van der Waals surface area contributed by atoms with Crippen LogP contribution >= 0.6 is 0 Å². The lowest BCUT2D eigenvalue weighted by Crippen LogP contribution is -2.39. The maximum atomic E-state index is 5.87. The summed E-state index contributed by atoms with van der Waals surface area (Å²) in [5.41, 5.74) is 8.99. The molecule has 1 aliphatic heterocycles. The minimum absolute atomic E-state index is 0.848. The van der Waals surface area contributed by atoms with Gasteiger partial charge >= 0.3 is 0 Å². The summed E-state index contributed by atoms with van der Waals surface area (Å²) in [6.45, 7) is 7.85. The first-order valence-corrected chi connectivity index (χ1v) is 6.16. The van der Waals surface area contributed by atoms with Gasteiger partial charge in [0, 0.05) is 37.6 Å². The Labute approximate surface area is 103 Å². The molecule has 0 atom stereocenters. The van der Waals surface area contributed by atoms with Crippen molar-refractivity contribution < 1.29 is 4.74 Å². The number of rotatable bonds is 4. The van der Waals surface area contributed by atoms with Crippen LogP contribution in [-0.4, -0.2) is 44.3 Å². The number of nitrogens with zero attached hydrogens (tertiary/aromatic N) is 1. The molecule has 0 unspecified atom stereocenters. The fourth-order valence-corrected chi connectivity index (χ4v) is 2.02. The zero-order chi connectivity index (χ0) is 12.1. The molecule has 0 aliphatic carbocycles. The molecule has 0 radical (unpaired) electrons. The van der Waals surface area contributed by atoms with Gasteiger partial charge in [-0.15, -0.1) is 0 Å². The van der Waals surface area contributed by atoms with Crippen LogP contribution in [0, 0.1) is 6.92 Å². The monoisotopic (exact) mass is 235 g/mol. The van der Waals surface area contributed by atoms with Gasteiger partial charge in [-0.05, 0) is 24.6 Å². The lowest BCUT2D eigenvalue weighted by Gasteiger charge is -2.26. The average Bonchev–Trinajstić information content (AvgIpc) is 2.36. The van der Waals surface area contributed by atoms with Gasteiger partial charge in [-0.3, -0.25) is 4.90 Å².